The van der Waals surface area contributed by atoms with Gasteiger partial charge in [-0.15, -0.1) is 0 Å². The molecule has 2 aromatic heterocycles. The second-order valence-corrected chi connectivity index (χ2v) is 17.0. The maximum atomic E-state index is 2.46. The van der Waals surface area contributed by atoms with Crippen LogP contribution in [0.25, 0.3) is 111 Å². The predicted molar refractivity (Wildman–Crippen MR) is 272 cm³/mol. The van der Waals surface area contributed by atoms with Gasteiger partial charge in [0.15, 0.2) is 0 Å². The maximum Gasteiger partial charge on any atom is 0.0547 e. The monoisotopic (exact) mass is 816 g/mol. The minimum absolute atomic E-state index is 1.13. The first-order chi connectivity index (χ1) is 31.6. The average molecular weight is 817 g/mol. The number of hydrogen-bond acceptors (Lipinski definition) is 0. The molecule has 0 atom stereocenters. The summed E-state index contributed by atoms with van der Waals surface area (Å²) in [5.74, 6) is 0. The Kier molecular flexibility index (Phi) is 8.98. The van der Waals surface area contributed by atoms with E-state index >= 15 is 0 Å². The van der Waals surface area contributed by atoms with Gasteiger partial charge in [0.25, 0.3) is 0 Å². The van der Waals surface area contributed by atoms with Gasteiger partial charge in [0, 0.05) is 32.9 Å². The van der Waals surface area contributed by atoms with Gasteiger partial charge in [-0.1, -0.05) is 182 Å². The molecule has 0 aliphatic heterocycles. The van der Waals surface area contributed by atoms with Crippen molar-refractivity contribution in [3.63, 3.8) is 0 Å². The lowest BCUT2D eigenvalue weighted by atomic mass is 9.88. The highest BCUT2D eigenvalue weighted by Gasteiger charge is 2.20. The lowest BCUT2D eigenvalue weighted by Gasteiger charge is -2.19. The molecule has 0 fully saturated rings. The number of fused-ring (bicyclic) bond motifs is 6. The van der Waals surface area contributed by atoms with Crippen LogP contribution in [0.2, 0.25) is 0 Å². The zero-order valence-corrected chi connectivity index (χ0v) is 35.8. The van der Waals surface area contributed by atoms with Crippen molar-refractivity contribution in [1.82, 2.24) is 9.13 Å². The molecule has 2 heteroatoms. The van der Waals surface area contributed by atoms with Gasteiger partial charge in [-0.25, -0.2) is 0 Å². The maximum absolute atomic E-state index is 2.46. The van der Waals surface area contributed by atoms with Crippen molar-refractivity contribution in [2.75, 3.05) is 0 Å². The summed E-state index contributed by atoms with van der Waals surface area (Å²) < 4.78 is 4.91. The van der Waals surface area contributed by atoms with Crippen LogP contribution in [0, 0.1) is 13.8 Å². The Hall–Kier alpha value is -8.20. The molecule has 2 nitrogen and oxygen atoms in total. The van der Waals surface area contributed by atoms with Crippen LogP contribution >= 0.6 is 0 Å². The minimum Gasteiger partial charge on any atom is -0.309 e. The van der Waals surface area contributed by atoms with Crippen molar-refractivity contribution in [3.05, 3.63) is 242 Å². The lowest BCUT2D eigenvalue weighted by molar-refractivity contribution is 1.18. The quantitative estimate of drug-likeness (QED) is 0.152. The van der Waals surface area contributed by atoms with E-state index in [9.17, 15) is 0 Å². The molecule has 0 saturated carbocycles. The Balaban J connectivity index is 1.09. The van der Waals surface area contributed by atoms with Gasteiger partial charge in [0.05, 0.1) is 22.1 Å². The second kappa shape index (κ2) is 15.3. The van der Waals surface area contributed by atoms with Crippen LogP contribution in [-0.2, 0) is 0 Å². The summed E-state index contributed by atoms with van der Waals surface area (Å²) in [5.41, 5.74) is 21.6. The number of nitrogens with zero attached hydrogens (tertiary/aromatic N) is 2. The molecule has 0 aliphatic carbocycles. The first kappa shape index (κ1) is 37.6. The zero-order valence-electron chi connectivity index (χ0n) is 35.8. The highest BCUT2D eigenvalue weighted by Crippen LogP contribution is 2.44. The molecule has 0 radical (unpaired) electrons. The normalized spacial score (nSPS) is 11.6. The van der Waals surface area contributed by atoms with Crippen molar-refractivity contribution >= 4 is 43.6 Å². The van der Waals surface area contributed by atoms with Gasteiger partial charge in [-0.2, -0.15) is 0 Å². The first-order valence-electron chi connectivity index (χ1n) is 22.2. The van der Waals surface area contributed by atoms with Crippen LogP contribution in [0.1, 0.15) is 11.1 Å². The number of aryl methyl sites for hydroxylation is 2. The summed E-state index contributed by atoms with van der Waals surface area (Å²) in [7, 11) is 0. The van der Waals surface area contributed by atoms with Crippen molar-refractivity contribution in [3.8, 4) is 67.0 Å². The number of para-hydroxylation sites is 2. The van der Waals surface area contributed by atoms with Crippen molar-refractivity contribution < 1.29 is 0 Å². The highest BCUT2D eigenvalue weighted by atomic mass is 15.0. The average Bonchev–Trinajstić information content (AvgIpc) is 3.86. The van der Waals surface area contributed by atoms with E-state index in [1.54, 1.807) is 0 Å². The summed E-state index contributed by atoms with van der Waals surface area (Å²) in [6.45, 7) is 4.39. The first-order valence-corrected chi connectivity index (χ1v) is 22.2. The van der Waals surface area contributed by atoms with Crippen LogP contribution < -0.4 is 0 Å². The molecule has 302 valence electrons. The molecule has 0 spiro atoms. The standard InChI is InChI=1S/C62H44N2/c1-41-17-9-11-23-49(41)45-29-33-55-53-25-13-15-27-59(53)63(61(55)37-45)47-31-35-51(57(39-47)43-19-5-3-6-20-43)52-36-32-48(40-58(52)44-21-7-4-8-22-44)64-60-28-16-14-26-54(60)56-34-30-46(38-62(56)64)50-24-12-10-18-42(50)2/h3-40H,1-2H3. The molecule has 12 aromatic rings. The van der Waals surface area contributed by atoms with Gasteiger partial charge in [-0.3, -0.25) is 0 Å². The van der Waals surface area contributed by atoms with E-state index in [-0.39, 0.29) is 0 Å². The third kappa shape index (κ3) is 6.18. The molecule has 10 aromatic carbocycles. The van der Waals surface area contributed by atoms with Crippen molar-refractivity contribution in [2.24, 2.45) is 0 Å². The van der Waals surface area contributed by atoms with Gasteiger partial charge < -0.3 is 9.13 Å². The van der Waals surface area contributed by atoms with Crippen LogP contribution in [0.4, 0.5) is 0 Å². The largest absolute Gasteiger partial charge is 0.309 e. The minimum atomic E-state index is 1.13. The SMILES string of the molecule is Cc1ccccc1-c1ccc2c3ccccc3n(-c3ccc(-c4ccc(-n5c6ccccc6c6ccc(-c7ccccc7C)cc65)cc4-c4ccccc4)c(-c4ccccc4)c3)c2c1. The van der Waals surface area contributed by atoms with E-state index in [1.165, 1.54) is 110 Å². The fourth-order valence-electron chi connectivity index (χ4n) is 10.2. The summed E-state index contributed by atoms with van der Waals surface area (Å²) in [6.07, 6.45) is 0. The Labute approximate surface area is 373 Å². The van der Waals surface area contributed by atoms with Crippen LogP contribution in [-0.4, -0.2) is 9.13 Å². The molecule has 12 rings (SSSR count). The fraction of sp³-hybridized carbons (Fsp3) is 0.0323. The van der Waals surface area contributed by atoms with E-state index < -0.39 is 0 Å². The highest BCUT2D eigenvalue weighted by molar-refractivity contribution is 6.12. The fourth-order valence-corrected chi connectivity index (χ4v) is 10.2. The Morgan fingerprint density at radius 1 is 0.234 bits per heavy atom. The molecule has 0 aliphatic rings. The topological polar surface area (TPSA) is 9.86 Å². The molecule has 0 amide bonds. The molecule has 0 N–H and O–H groups in total. The second-order valence-electron chi connectivity index (χ2n) is 17.0. The molecular formula is C62H44N2. The molecule has 2 heterocycles. The van der Waals surface area contributed by atoms with Crippen molar-refractivity contribution in [2.45, 2.75) is 13.8 Å². The third-order valence-corrected chi connectivity index (χ3v) is 13.2. The Bertz CT molecular complexity index is 3490. The molecule has 0 unspecified atom stereocenters. The van der Waals surface area contributed by atoms with E-state index in [2.05, 4.69) is 254 Å². The van der Waals surface area contributed by atoms with Crippen LogP contribution in [0.5, 0.6) is 0 Å². The zero-order chi connectivity index (χ0) is 42.7. The van der Waals surface area contributed by atoms with Gasteiger partial charge in [-0.05, 0) is 129 Å². The number of hydrogen-bond donors (Lipinski definition) is 0. The van der Waals surface area contributed by atoms with E-state index in [1.807, 2.05) is 0 Å². The van der Waals surface area contributed by atoms with Crippen LogP contribution in [0.15, 0.2) is 231 Å². The summed E-state index contributed by atoms with van der Waals surface area (Å²) in [6, 6.07) is 84.8. The van der Waals surface area contributed by atoms with Gasteiger partial charge in [0.2, 0.25) is 0 Å². The summed E-state index contributed by atoms with van der Waals surface area (Å²) in [4.78, 5) is 0. The van der Waals surface area contributed by atoms with Crippen molar-refractivity contribution in [1.29, 1.82) is 0 Å². The van der Waals surface area contributed by atoms with Gasteiger partial charge in [0.1, 0.15) is 0 Å². The smallest absolute Gasteiger partial charge is 0.0547 e. The Morgan fingerprint density at radius 3 is 1.05 bits per heavy atom. The predicted octanol–water partition coefficient (Wildman–Crippen LogP) is 16.8. The lowest BCUT2D eigenvalue weighted by Crippen LogP contribution is -1.99. The van der Waals surface area contributed by atoms with Gasteiger partial charge >= 0.3 is 0 Å². The Morgan fingerprint density at radius 2 is 0.609 bits per heavy atom. The molecular weight excluding hydrogens is 773 g/mol. The summed E-state index contributed by atoms with van der Waals surface area (Å²) >= 11 is 0. The van der Waals surface area contributed by atoms with Crippen LogP contribution in [0.3, 0.4) is 0 Å². The van der Waals surface area contributed by atoms with E-state index in [0.717, 1.165) is 11.4 Å². The molecule has 0 bridgehead atoms. The summed E-state index contributed by atoms with van der Waals surface area (Å²) in [5, 5.41) is 4.99. The van der Waals surface area contributed by atoms with E-state index in [4.69, 9.17) is 0 Å². The molecule has 64 heavy (non-hydrogen) atoms. The number of benzene rings is 10. The number of aromatic nitrogens is 2. The third-order valence-electron chi connectivity index (χ3n) is 13.2. The van der Waals surface area contributed by atoms with E-state index in [0.29, 0.717) is 0 Å². The molecule has 0 saturated heterocycles. The number of rotatable bonds is 7.